The first-order valence-corrected chi connectivity index (χ1v) is 6.60. The van der Waals surface area contributed by atoms with Gasteiger partial charge in [0.15, 0.2) is 0 Å². The second-order valence-corrected chi connectivity index (χ2v) is 5.46. The van der Waals surface area contributed by atoms with Crippen molar-refractivity contribution in [1.82, 2.24) is 5.32 Å². The third-order valence-electron chi connectivity index (χ3n) is 4.05. The van der Waals surface area contributed by atoms with Gasteiger partial charge >= 0.3 is 0 Å². The van der Waals surface area contributed by atoms with Crippen molar-refractivity contribution in [1.29, 1.82) is 0 Å². The Morgan fingerprint density at radius 3 is 2.41 bits per heavy atom. The highest BCUT2D eigenvalue weighted by Gasteiger charge is 2.33. The van der Waals surface area contributed by atoms with E-state index in [0.717, 1.165) is 11.8 Å². The molecule has 1 aliphatic rings. The van der Waals surface area contributed by atoms with Crippen LogP contribution in [-0.2, 0) is 0 Å². The topological polar surface area (TPSA) is 15.3 Å². The summed E-state index contributed by atoms with van der Waals surface area (Å²) in [6.07, 6.45) is 1.40. The summed E-state index contributed by atoms with van der Waals surface area (Å²) in [5.41, 5.74) is 2.68. The standard InChI is InChI=1S/C15H24N2/c1-11-9-14(11)10-17(4)15-7-5-13(6-8-15)12(2)16-3/h5-8,11-12,14,16H,9-10H2,1-4H3. The van der Waals surface area contributed by atoms with Crippen LogP contribution < -0.4 is 10.2 Å². The number of rotatable bonds is 5. The van der Waals surface area contributed by atoms with Crippen molar-refractivity contribution in [3.63, 3.8) is 0 Å². The molecule has 17 heavy (non-hydrogen) atoms. The van der Waals surface area contributed by atoms with E-state index in [9.17, 15) is 0 Å². The van der Waals surface area contributed by atoms with Crippen LogP contribution in [0.1, 0.15) is 31.9 Å². The zero-order valence-electron chi connectivity index (χ0n) is 11.4. The van der Waals surface area contributed by atoms with Crippen LogP contribution in [0.25, 0.3) is 0 Å². The maximum atomic E-state index is 3.26. The zero-order chi connectivity index (χ0) is 12.4. The Bertz CT molecular complexity index is 358. The normalized spacial score (nSPS) is 24.5. The summed E-state index contributed by atoms with van der Waals surface area (Å²) in [4.78, 5) is 2.38. The van der Waals surface area contributed by atoms with Crippen LogP contribution in [-0.4, -0.2) is 20.6 Å². The van der Waals surface area contributed by atoms with Gasteiger partial charge in [-0.3, -0.25) is 0 Å². The molecule has 1 aromatic carbocycles. The van der Waals surface area contributed by atoms with Crippen LogP contribution >= 0.6 is 0 Å². The molecule has 2 nitrogen and oxygen atoms in total. The molecule has 1 fully saturated rings. The lowest BCUT2D eigenvalue weighted by molar-refractivity contribution is 0.652. The Morgan fingerprint density at radius 1 is 1.35 bits per heavy atom. The first kappa shape index (κ1) is 12.4. The van der Waals surface area contributed by atoms with Crippen LogP contribution in [0.2, 0.25) is 0 Å². The molecule has 1 N–H and O–H groups in total. The van der Waals surface area contributed by atoms with Gasteiger partial charge in [-0.2, -0.15) is 0 Å². The highest BCUT2D eigenvalue weighted by molar-refractivity contribution is 5.47. The molecule has 0 aromatic heterocycles. The first-order chi connectivity index (χ1) is 8.11. The van der Waals surface area contributed by atoms with Crippen LogP contribution in [0.15, 0.2) is 24.3 Å². The van der Waals surface area contributed by atoms with Crippen molar-refractivity contribution < 1.29 is 0 Å². The SMILES string of the molecule is CNC(C)c1ccc(N(C)CC2CC2C)cc1. The molecular weight excluding hydrogens is 208 g/mol. The lowest BCUT2D eigenvalue weighted by Crippen LogP contribution is -2.20. The van der Waals surface area contributed by atoms with Gasteiger partial charge in [0, 0.05) is 25.3 Å². The van der Waals surface area contributed by atoms with E-state index in [1.807, 2.05) is 7.05 Å². The number of nitrogens with one attached hydrogen (secondary N) is 1. The van der Waals surface area contributed by atoms with Crippen molar-refractivity contribution in [3.8, 4) is 0 Å². The molecule has 1 aliphatic carbocycles. The van der Waals surface area contributed by atoms with E-state index in [0.29, 0.717) is 6.04 Å². The van der Waals surface area contributed by atoms with E-state index in [1.165, 1.54) is 24.2 Å². The second-order valence-electron chi connectivity index (χ2n) is 5.46. The number of hydrogen-bond donors (Lipinski definition) is 1. The molecule has 0 saturated heterocycles. The van der Waals surface area contributed by atoms with E-state index in [1.54, 1.807) is 0 Å². The summed E-state index contributed by atoms with van der Waals surface area (Å²) >= 11 is 0. The fraction of sp³-hybridized carbons (Fsp3) is 0.600. The molecule has 0 spiro atoms. The fourth-order valence-corrected chi connectivity index (χ4v) is 2.29. The number of hydrogen-bond acceptors (Lipinski definition) is 2. The summed E-state index contributed by atoms with van der Waals surface area (Å²) in [6.45, 7) is 5.73. The Balaban J connectivity index is 1.96. The van der Waals surface area contributed by atoms with Gasteiger partial charge in [0.1, 0.15) is 0 Å². The second kappa shape index (κ2) is 5.09. The van der Waals surface area contributed by atoms with Gasteiger partial charge in [-0.05, 0) is 49.9 Å². The monoisotopic (exact) mass is 232 g/mol. The van der Waals surface area contributed by atoms with Gasteiger partial charge in [-0.25, -0.2) is 0 Å². The highest BCUT2D eigenvalue weighted by atomic mass is 15.1. The number of anilines is 1. The molecule has 0 radical (unpaired) electrons. The minimum Gasteiger partial charge on any atom is -0.374 e. The van der Waals surface area contributed by atoms with Gasteiger partial charge in [0.05, 0.1) is 0 Å². The van der Waals surface area contributed by atoms with E-state index >= 15 is 0 Å². The summed E-state index contributed by atoms with van der Waals surface area (Å²) in [5, 5.41) is 3.26. The van der Waals surface area contributed by atoms with Gasteiger partial charge in [-0.15, -0.1) is 0 Å². The highest BCUT2D eigenvalue weighted by Crippen LogP contribution is 2.38. The van der Waals surface area contributed by atoms with Crippen LogP contribution in [0.5, 0.6) is 0 Å². The van der Waals surface area contributed by atoms with Crippen LogP contribution in [0, 0.1) is 11.8 Å². The van der Waals surface area contributed by atoms with E-state index < -0.39 is 0 Å². The quantitative estimate of drug-likeness (QED) is 0.839. The lowest BCUT2D eigenvalue weighted by Gasteiger charge is -2.20. The average molecular weight is 232 g/mol. The first-order valence-electron chi connectivity index (χ1n) is 6.60. The van der Waals surface area contributed by atoms with Gasteiger partial charge in [0.25, 0.3) is 0 Å². The Labute approximate surface area is 105 Å². The Kier molecular flexibility index (Phi) is 3.72. The predicted octanol–water partition coefficient (Wildman–Crippen LogP) is 3.06. The average Bonchev–Trinajstić information content (AvgIpc) is 3.04. The summed E-state index contributed by atoms with van der Waals surface area (Å²) in [7, 11) is 4.20. The molecular formula is C15H24N2. The minimum atomic E-state index is 0.429. The lowest BCUT2D eigenvalue weighted by atomic mass is 10.1. The summed E-state index contributed by atoms with van der Waals surface area (Å²) in [6, 6.07) is 9.34. The summed E-state index contributed by atoms with van der Waals surface area (Å²) < 4.78 is 0. The van der Waals surface area contributed by atoms with Crippen molar-refractivity contribution in [2.24, 2.45) is 11.8 Å². The van der Waals surface area contributed by atoms with Crippen molar-refractivity contribution >= 4 is 5.69 Å². The Hall–Kier alpha value is -1.02. The molecule has 94 valence electrons. The molecule has 1 aromatic rings. The third-order valence-corrected chi connectivity index (χ3v) is 4.05. The molecule has 3 atom stereocenters. The van der Waals surface area contributed by atoms with E-state index in [-0.39, 0.29) is 0 Å². The maximum absolute atomic E-state index is 3.26. The maximum Gasteiger partial charge on any atom is 0.0363 e. The smallest absolute Gasteiger partial charge is 0.0363 e. The Morgan fingerprint density at radius 2 is 1.94 bits per heavy atom. The molecule has 3 unspecified atom stereocenters. The van der Waals surface area contributed by atoms with Gasteiger partial charge in [0.2, 0.25) is 0 Å². The molecule has 2 rings (SSSR count). The molecule has 0 amide bonds. The van der Waals surface area contributed by atoms with Crippen LogP contribution in [0.3, 0.4) is 0 Å². The number of nitrogens with zero attached hydrogens (tertiary/aromatic N) is 1. The van der Waals surface area contributed by atoms with Gasteiger partial charge in [-0.1, -0.05) is 19.1 Å². The predicted molar refractivity (Wildman–Crippen MR) is 74.5 cm³/mol. The molecule has 2 heteroatoms. The number of benzene rings is 1. The van der Waals surface area contributed by atoms with E-state index in [2.05, 4.69) is 55.4 Å². The third kappa shape index (κ3) is 3.01. The molecule has 0 bridgehead atoms. The van der Waals surface area contributed by atoms with E-state index in [4.69, 9.17) is 0 Å². The molecule has 1 saturated carbocycles. The molecule has 0 heterocycles. The zero-order valence-corrected chi connectivity index (χ0v) is 11.4. The van der Waals surface area contributed by atoms with Crippen molar-refractivity contribution in [2.75, 3.05) is 25.5 Å². The van der Waals surface area contributed by atoms with Crippen molar-refractivity contribution in [2.45, 2.75) is 26.3 Å². The van der Waals surface area contributed by atoms with Gasteiger partial charge < -0.3 is 10.2 Å². The molecule has 0 aliphatic heterocycles. The van der Waals surface area contributed by atoms with Crippen molar-refractivity contribution in [3.05, 3.63) is 29.8 Å². The van der Waals surface area contributed by atoms with Crippen LogP contribution in [0.4, 0.5) is 5.69 Å². The fourth-order valence-electron chi connectivity index (χ4n) is 2.29. The minimum absolute atomic E-state index is 0.429. The largest absolute Gasteiger partial charge is 0.374 e. The summed E-state index contributed by atoms with van der Waals surface area (Å²) in [5.74, 6) is 1.84.